The zero-order valence-corrected chi connectivity index (χ0v) is 11.4. The number of benzene rings is 1. The van der Waals surface area contributed by atoms with Crippen LogP contribution in [0, 0.1) is 0 Å². The van der Waals surface area contributed by atoms with Gasteiger partial charge < -0.3 is 9.84 Å². The van der Waals surface area contributed by atoms with Gasteiger partial charge in [-0.3, -0.25) is 0 Å². The van der Waals surface area contributed by atoms with E-state index in [0.29, 0.717) is 19.6 Å². The van der Waals surface area contributed by atoms with E-state index in [1.54, 1.807) is 0 Å². The number of ether oxygens (including phenoxy) is 1. The lowest BCUT2D eigenvalue weighted by atomic mass is 10.2. The largest absolute Gasteiger partial charge is 0.478 e. The number of carboxylic acid groups (broad SMARTS) is 1. The highest BCUT2D eigenvalue weighted by atomic mass is 32.2. The van der Waals surface area contributed by atoms with E-state index in [1.165, 1.54) is 18.2 Å². The van der Waals surface area contributed by atoms with Gasteiger partial charge in [-0.2, -0.15) is 0 Å². The van der Waals surface area contributed by atoms with Crippen molar-refractivity contribution in [1.29, 1.82) is 0 Å². The first kappa shape index (κ1) is 15.6. The Morgan fingerprint density at radius 1 is 1.42 bits per heavy atom. The summed E-state index contributed by atoms with van der Waals surface area (Å²) in [6.07, 6.45) is 0.561. The molecule has 106 valence electrons. The van der Waals surface area contributed by atoms with Crippen LogP contribution in [0.25, 0.3) is 0 Å². The summed E-state index contributed by atoms with van der Waals surface area (Å²) in [5.74, 6) is -1.16. The molecule has 0 saturated carbocycles. The fourth-order valence-corrected chi connectivity index (χ4v) is 2.52. The number of carboxylic acids is 1. The summed E-state index contributed by atoms with van der Waals surface area (Å²) in [5.41, 5.74) is -0.0582. The summed E-state index contributed by atoms with van der Waals surface area (Å²) in [7, 11) is -3.67. The van der Waals surface area contributed by atoms with Gasteiger partial charge in [0.1, 0.15) is 0 Å². The highest BCUT2D eigenvalue weighted by Crippen LogP contribution is 2.11. The summed E-state index contributed by atoms with van der Waals surface area (Å²) >= 11 is 0. The molecule has 1 rings (SSSR count). The monoisotopic (exact) mass is 287 g/mol. The van der Waals surface area contributed by atoms with Crippen LogP contribution in [0.15, 0.2) is 29.2 Å². The molecule has 1 aromatic rings. The zero-order chi connectivity index (χ0) is 14.3. The van der Waals surface area contributed by atoms with Crippen molar-refractivity contribution in [2.24, 2.45) is 0 Å². The first-order valence-electron chi connectivity index (χ1n) is 5.88. The summed E-state index contributed by atoms with van der Waals surface area (Å²) in [5, 5.41) is 8.82. The Kier molecular flexibility index (Phi) is 5.94. The molecular weight excluding hydrogens is 270 g/mol. The van der Waals surface area contributed by atoms with Gasteiger partial charge in [0.2, 0.25) is 10.0 Å². The minimum absolute atomic E-state index is 0.0520. The minimum atomic E-state index is -3.67. The molecule has 0 aromatic heterocycles. The highest BCUT2D eigenvalue weighted by molar-refractivity contribution is 7.89. The van der Waals surface area contributed by atoms with E-state index in [9.17, 15) is 13.2 Å². The van der Waals surface area contributed by atoms with Gasteiger partial charge in [-0.25, -0.2) is 17.9 Å². The predicted molar refractivity (Wildman–Crippen MR) is 69.7 cm³/mol. The maximum atomic E-state index is 11.9. The fourth-order valence-electron chi connectivity index (χ4n) is 1.40. The topological polar surface area (TPSA) is 92.7 Å². The Balaban J connectivity index is 2.66. The first-order valence-corrected chi connectivity index (χ1v) is 7.36. The second-order valence-corrected chi connectivity index (χ2v) is 5.55. The third kappa shape index (κ3) is 4.98. The highest BCUT2D eigenvalue weighted by Gasteiger charge is 2.15. The fraction of sp³-hybridized carbons (Fsp3) is 0.417. The van der Waals surface area contributed by atoms with E-state index in [4.69, 9.17) is 9.84 Å². The zero-order valence-electron chi connectivity index (χ0n) is 10.6. The van der Waals surface area contributed by atoms with Crippen LogP contribution < -0.4 is 4.72 Å². The Morgan fingerprint density at radius 3 is 2.79 bits per heavy atom. The quantitative estimate of drug-likeness (QED) is 0.698. The maximum Gasteiger partial charge on any atom is 0.335 e. The molecule has 0 saturated heterocycles. The van der Waals surface area contributed by atoms with Gasteiger partial charge in [-0.05, 0) is 31.5 Å². The van der Waals surface area contributed by atoms with Crippen molar-refractivity contribution in [3.05, 3.63) is 29.8 Å². The van der Waals surface area contributed by atoms with Crippen molar-refractivity contribution < 1.29 is 23.1 Å². The average Bonchev–Trinajstić information content (AvgIpc) is 2.38. The third-order valence-corrected chi connectivity index (χ3v) is 3.81. The molecule has 6 nitrogen and oxygen atoms in total. The van der Waals surface area contributed by atoms with Crippen LogP contribution in [0.1, 0.15) is 23.7 Å². The van der Waals surface area contributed by atoms with Crippen molar-refractivity contribution >= 4 is 16.0 Å². The molecule has 0 amide bonds. The smallest absolute Gasteiger partial charge is 0.335 e. The van der Waals surface area contributed by atoms with Crippen molar-refractivity contribution in [2.45, 2.75) is 18.2 Å². The Hall–Kier alpha value is -1.44. The summed E-state index contributed by atoms with van der Waals surface area (Å²) < 4.78 is 31.3. The van der Waals surface area contributed by atoms with Gasteiger partial charge in [0, 0.05) is 19.8 Å². The van der Waals surface area contributed by atoms with E-state index in [-0.39, 0.29) is 17.0 Å². The Bertz CT molecular complexity index is 527. The molecular formula is C12H17NO5S. The van der Waals surface area contributed by atoms with Crippen LogP contribution >= 0.6 is 0 Å². The minimum Gasteiger partial charge on any atom is -0.478 e. The van der Waals surface area contributed by atoms with Crippen LogP contribution in [-0.4, -0.2) is 39.3 Å². The molecule has 0 aliphatic carbocycles. The van der Waals surface area contributed by atoms with Crippen molar-refractivity contribution in [3.8, 4) is 0 Å². The molecule has 7 heteroatoms. The third-order valence-electron chi connectivity index (χ3n) is 2.35. The number of sulfonamides is 1. The van der Waals surface area contributed by atoms with Crippen molar-refractivity contribution in [3.63, 3.8) is 0 Å². The van der Waals surface area contributed by atoms with Gasteiger partial charge in [0.15, 0.2) is 0 Å². The lowest BCUT2D eigenvalue weighted by Gasteiger charge is -2.07. The molecule has 0 bridgehead atoms. The molecule has 0 radical (unpaired) electrons. The van der Waals surface area contributed by atoms with E-state index < -0.39 is 16.0 Å². The van der Waals surface area contributed by atoms with E-state index in [2.05, 4.69) is 4.72 Å². The molecule has 19 heavy (non-hydrogen) atoms. The molecule has 0 fully saturated rings. The van der Waals surface area contributed by atoms with Crippen LogP contribution in [0.4, 0.5) is 0 Å². The summed E-state index contributed by atoms with van der Waals surface area (Å²) in [4.78, 5) is 10.7. The maximum absolute atomic E-state index is 11.9. The van der Waals surface area contributed by atoms with Crippen LogP contribution in [0.3, 0.4) is 0 Å². The average molecular weight is 287 g/mol. The number of hydrogen-bond donors (Lipinski definition) is 2. The first-order chi connectivity index (χ1) is 8.97. The molecule has 0 spiro atoms. The van der Waals surface area contributed by atoms with E-state index in [1.807, 2.05) is 6.92 Å². The van der Waals surface area contributed by atoms with Gasteiger partial charge >= 0.3 is 5.97 Å². The number of aromatic carboxylic acids is 1. The summed E-state index contributed by atoms with van der Waals surface area (Å²) in [6.45, 7) is 3.18. The Labute approximate surface area is 112 Å². The molecule has 0 unspecified atom stereocenters. The SMILES string of the molecule is CCOCCCNS(=O)(=O)c1cccc(C(=O)O)c1. The lowest BCUT2D eigenvalue weighted by Crippen LogP contribution is -2.25. The molecule has 0 aliphatic heterocycles. The second-order valence-electron chi connectivity index (χ2n) is 3.78. The van der Waals surface area contributed by atoms with Crippen LogP contribution in [-0.2, 0) is 14.8 Å². The van der Waals surface area contributed by atoms with Crippen molar-refractivity contribution in [1.82, 2.24) is 4.72 Å². The van der Waals surface area contributed by atoms with Gasteiger partial charge in [-0.1, -0.05) is 6.07 Å². The predicted octanol–water partition coefficient (Wildman–Crippen LogP) is 1.09. The van der Waals surface area contributed by atoms with Crippen molar-refractivity contribution in [2.75, 3.05) is 19.8 Å². The van der Waals surface area contributed by atoms with E-state index >= 15 is 0 Å². The van der Waals surface area contributed by atoms with E-state index in [0.717, 1.165) is 6.07 Å². The van der Waals surface area contributed by atoms with Crippen LogP contribution in [0.5, 0.6) is 0 Å². The van der Waals surface area contributed by atoms with Crippen LogP contribution in [0.2, 0.25) is 0 Å². The molecule has 0 aliphatic rings. The van der Waals surface area contributed by atoms with Gasteiger partial charge in [0.25, 0.3) is 0 Å². The second kappa shape index (κ2) is 7.22. The molecule has 1 aromatic carbocycles. The normalized spacial score (nSPS) is 11.4. The number of nitrogens with one attached hydrogen (secondary N) is 1. The molecule has 0 heterocycles. The number of hydrogen-bond acceptors (Lipinski definition) is 4. The summed E-state index contributed by atoms with van der Waals surface area (Å²) in [6, 6.07) is 5.24. The molecule has 2 N–H and O–H groups in total. The number of carbonyl (C=O) groups is 1. The Morgan fingerprint density at radius 2 is 2.16 bits per heavy atom. The van der Waals surface area contributed by atoms with Gasteiger partial charge in [-0.15, -0.1) is 0 Å². The standard InChI is InChI=1S/C12H17NO5S/c1-2-18-8-4-7-13-19(16,17)11-6-3-5-10(9-11)12(14)15/h3,5-6,9,13H,2,4,7-8H2,1H3,(H,14,15). The van der Waals surface area contributed by atoms with Gasteiger partial charge in [0.05, 0.1) is 10.5 Å². The molecule has 0 atom stereocenters. The number of rotatable bonds is 8. The lowest BCUT2D eigenvalue weighted by molar-refractivity contribution is 0.0696.